The first-order valence-corrected chi connectivity index (χ1v) is 8.74. The van der Waals surface area contributed by atoms with E-state index in [1.165, 1.54) is 7.11 Å². The van der Waals surface area contributed by atoms with Crippen LogP contribution in [0.3, 0.4) is 0 Å². The van der Waals surface area contributed by atoms with Crippen molar-refractivity contribution in [1.29, 1.82) is 0 Å². The van der Waals surface area contributed by atoms with Crippen LogP contribution in [-0.4, -0.2) is 37.8 Å². The van der Waals surface area contributed by atoms with Gasteiger partial charge < -0.3 is 24.5 Å². The van der Waals surface area contributed by atoms with E-state index in [0.29, 0.717) is 30.1 Å². The van der Waals surface area contributed by atoms with Crippen LogP contribution in [0.2, 0.25) is 0 Å². The second-order valence-electron chi connectivity index (χ2n) is 5.75. The summed E-state index contributed by atoms with van der Waals surface area (Å²) in [5.41, 5.74) is 3.82. The zero-order chi connectivity index (χ0) is 20.4. The van der Waals surface area contributed by atoms with Crippen molar-refractivity contribution in [1.82, 2.24) is 10.3 Å². The normalized spacial score (nSPS) is 11.5. The van der Waals surface area contributed by atoms with Crippen molar-refractivity contribution in [3.05, 3.63) is 59.4 Å². The maximum Gasteiger partial charge on any atom is 0.292 e. The predicted octanol–water partition coefficient (Wildman–Crippen LogP) is 3.18. The van der Waals surface area contributed by atoms with E-state index in [2.05, 4.69) is 21.6 Å². The number of amides is 1. The minimum Gasteiger partial charge on any atom is -0.471 e. The van der Waals surface area contributed by atoms with Gasteiger partial charge in [0.2, 0.25) is 6.79 Å². The zero-order valence-electron chi connectivity index (χ0n) is 16.0. The monoisotopic (exact) mass is 384 g/mol. The molecule has 0 atom stereocenters. The molecule has 2 aromatic rings. The fourth-order valence-corrected chi connectivity index (χ4v) is 2.68. The lowest BCUT2D eigenvalue weighted by atomic mass is 10.1. The van der Waals surface area contributed by atoms with Crippen molar-refractivity contribution < 1.29 is 23.8 Å². The van der Waals surface area contributed by atoms with Gasteiger partial charge in [-0.3, -0.25) is 9.59 Å². The molecule has 0 bridgehead atoms. The molecule has 1 aromatic carbocycles. The first-order valence-electron chi connectivity index (χ1n) is 8.74. The topological polar surface area (TPSA) is 89.7 Å². The SMILES string of the molecule is C=Cc1[nH]cc(CCNC(=O)c2ccc3c(c2)OCO3)c1/C=C\C.COC=O. The van der Waals surface area contributed by atoms with E-state index in [1.54, 1.807) is 24.3 Å². The van der Waals surface area contributed by atoms with Gasteiger partial charge in [-0.2, -0.15) is 0 Å². The Morgan fingerprint density at radius 1 is 1.36 bits per heavy atom. The van der Waals surface area contributed by atoms with Crippen LogP contribution in [0, 0.1) is 0 Å². The van der Waals surface area contributed by atoms with Gasteiger partial charge in [0.05, 0.1) is 7.11 Å². The number of ether oxygens (including phenoxy) is 3. The van der Waals surface area contributed by atoms with Gasteiger partial charge in [0, 0.05) is 29.6 Å². The average molecular weight is 384 g/mol. The van der Waals surface area contributed by atoms with Crippen molar-refractivity contribution in [2.75, 3.05) is 20.4 Å². The molecule has 1 aromatic heterocycles. The molecule has 0 saturated carbocycles. The Labute approximate surface area is 164 Å². The Kier molecular flexibility index (Phi) is 7.90. The highest BCUT2D eigenvalue weighted by molar-refractivity contribution is 5.94. The second-order valence-corrected chi connectivity index (χ2v) is 5.75. The first-order chi connectivity index (χ1) is 13.6. The molecule has 0 fully saturated rings. The standard InChI is InChI=1S/C19H20N2O3.C2H4O2/c1-3-5-15-14(11-21-16(15)4-2)8-9-20-19(22)13-6-7-17-18(10-13)24-12-23-17;1-4-2-3/h3-7,10-11,21H,2,8-9,12H2,1H3,(H,20,22);2H,1H3/b5-3-;. The van der Waals surface area contributed by atoms with Gasteiger partial charge in [0.25, 0.3) is 12.4 Å². The van der Waals surface area contributed by atoms with Gasteiger partial charge in [-0.1, -0.05) is 18.7 Å². The molecule has 2 heterocycles. The number of nitrogens with one attached hydrogen (secondary N) is 2. The van der Waals surface area contributed by atoms with Crippen molar-refractivity contribution in [2.45, 2.75) is 13.3 Å². The van der Waals surface area contributed by atoms with E-state index in [1.807, 2.05) is 25.3 Å². The molecule has 0 unspecified atom stereocenters. The third-order valence-electron chi connectivity index (χ3n) is 3.99. The maximum absolute atomic E-state index is 12.3. The lowest BCUT2D eigenvalue weighted by Gasteiger charge is -2.06. The van der Waals surface area contributed by atoms with Gasteiger partial charge in [-0.15, -0.1) is 0 Å². The number of carbonyl (C=O) groups is 2. The fraction of sp³-hybridized carbons (Fsp3) is 0.238. The lowest BCUT2D eigenvalue weighted by molar-refractivity contribution is -0.126. The Balaban J connectivity index is 0.000000640. The third kappa shape index (κ3) is 5.26. The van der Waals surface area contributed by atoms with Crippen molar-refractivity contribution in [3.63, 3.8) is 0 Å². The van der Waals surface area contributed by atoms with Gasteiger partial charge in [-0.05, 0) is 43.2 Å². The quantitative estimate of drug-likeness (QED) is 0.716. The highest BCUT2D eigenvalue weighted by Gasteiger charge is 2.16. The number of benzene rings is 1. The van der Waals surface area contributed by atoms with Gasteiger partial charge in [-0.25, -0.2) is 0 Å². The van der Waals surface area contributed by atoms with Gasteiger partial charge >= 0.3 is 0 Å². The number of allylic oxidation sites excluding steroid dienone is 1. The van der Waals surface area contributed by atoms with E-state index >= 15 is 0 Å². The van der Waals surface area contributed by atoms with Crippen LogP contribution >= 0.6 is 0 Å². The van der Waals surface area contributed by atoms with Crippen molar-refractivity contribution in [3.8, 4) is 11.5 Å². The molecule has 0 saturated heterocycles. The second kappa shape index (κ2) is 10.6. The van der Waals surface area contributed by atoms with E-state index in [9.17, 15) is 4.79 Å². The smallest absolute Gasteiger partial charge is 0.292 e. The molecule has 148 valence electrons. The number of aromatic nitrogens is 1. The van der Waals surface area contributed by atoms with E-state index in [0.717, 1.165) is 23.2 Å². The highest BCUT2D eigenvalue weighted by Crippen LogP contribution is 2.32. The summed E-state index contributed by atoms with van der Waals surface area (Å²) < 4.78 is 14.4. The number of aromatic amines is 1. The molecule has 7 nitrogen and oxygen atoms in total. The Morgan fingerprint density at radius 2 is 2.11 bits per heavy atom. The molecule has 3 rings (SSSR count). The largest absolute Gasteiger partial charge is 0.471 e. The number of hydrogen-bond donors (Lipinski definition) is 2. The van der Waals surface area contributed by atoms with E-state index in [4.69, 9.17) is 14.3 Å². The average Bonchev–Trinajstić information content (AvgIpc) is 3.34. The van der Waals surface area contributed by atoms with Crippen molar-refractivity contribution in [2.24, 2.45) is 0 Å². The van der Waals surface area contributed by atoms with Crippen LogP contribution in [0.25, 0.3) is 12.2 Å². The lowest BCUT2D eigenvalue weighted by Crippen LogP contribution is -2.25. The summed E-state index contributed by atoms with van der Waals surface area (Å²) in [6.45, 7) is 6.91. The Bertz CT molecular complexity index is 854. The van der Waals surface area contributed by atoms with Crippen LogP contribution in [0.1, 0.15) is 34.1 Å². The van der Waals surface area contributed by atoms with Crippen LogP contribution in [0.15, 0.2) is 37.1 Å². The van der Waals surface area contributed by atoms with Gasteiger partial charge in [0.1, 0.15) is 0 Å². The highest BCUT2D eigenvalue weighted by atomic mass is 16.7. The molecule has 1 aliphatic heterocycles. The summed E-state index contributed by atoms with van der Waals surface area (Å²) in [4.78, 5) is 24.4. The van der Waals surface area contributed by atoms with Crippen LogP contribution < -0.4 is 14.8 Å². The minimum absolute atomic E-state index is 0.125. The molecular formula is C21H24N2O5. The molecule has 0 radical (unpaired) electrons. The number of hydrogen-bond acceptors (Lipinski definition) is 5. The summed E-state index contributed by atoms with van der Waals surface area (Å²) in [5, 5.41) is 2.94. The van der Waals surface area contributed by atoms with Crippen molar-refractivity contribution >= 4 is 24.5 Å². The maximum atomic E-state index is 12.3. The molecular weight excluding hydrogens is 360 g/mol. The number of fused-ring (bicyclic) bond motifs is 1. The number of methoxy groups -OCH3 is 1. The summed E-state index contributed by atoms with van der Waals surface area (Å²) >= 11 is 0. The number of carbonyl (C=O) groups excluding carboxylic acids is 2. The zero-order valence-corrected chi connectivity index (χ0v) is 16.0. The van der Waals surface area contributed by atoms with Gasteiger partial charge in [0.15, 0.2) is 11.5 Å². The summed E-state index contributed by atoms with van der Waals surface area (Å²) in [5.74, 6) is 1.16. The number of H-pyrrole nitrogens is 1. The van der Waals surface area contributed by atoms with Crippen LogP contribution in [0.4, 0.5) is 0 Å². The molecule has 2 N–H and O–H groups in total. The molecule has 1 aliphatic rings. The van der Waals surface area contributed by atoms with Crippen LogP contribution in [0.5, 0.6) is 11.5 Å². The summed E-state index contributed by atoms with van der Waals surface area (Å²) in [6, 6.07) is 5.19. The Hall–Kier alpha value is -3.48. The number of rotatable bonds is 7. The first kappa shape index (κ1) is 20.8. The predicted molar refractivity (Wildman–Crippen MR) is 107 cm³/mol. The third-order valence-corrected chi connectivity index (χ3v) is 3.99. The van der Waals surface area contributed by atoms with E-state index in [-0.39, 0.29) is 12.7 Å². The summed E-state index contributed by atoms with van der Waals surface area (Å²) in [6.07, 6.45) is 8.52. The molecule has 0 spiro atoms. The Morgan fingerprint density at radius 3 is 2.79 bits per heavy atom. The summed E-state index contributed by atoms with van der Waals surface area (Å²) in [7, 11) is 1.31. The van der Waals surface area contributed by atoms with E-state index < -0.39 is 0 Å². The van der Waals surface area contributed by atoms with Crippen LogP contribution in [-0.2, 0) is 16.0 Å². The molecule has 28 heavy (non-hydrogen) atoms. The molecule has 7 heteroatoms. The molecule has 1 amide bonds. The minimum atomic E-state index is -0.125. The molecule has 0 aliphatic carbocycles. The fourth-order valence-electron chi connectivity index (χ4n) is 2.68.